The Morgan fingerprint density at radius 2 is 2.11 bits per heavy atom. The Morgan fingerprint density at radius 3 is 2.67 bits per heavy atom. The fourth-order valence-electron chi connectivity index (χ4n) is 0.481. The van der Waals surface area contributed by atoms with E-state index in [1.807, 2.05) is 13.0 Å². The van der Waals surface area contributed by atoms with Crippen LogP contribution in [0.3, 0.4) is 0 Å². The zero-order valence-corrected chi connectivity index (χ0v) is 7.97. The molecule has 0 aliphatic carbocycles. The molecule has 52 valence electrons. The lowest BCUT2D eigenvalue weighted by atomic mass is 10.3. The van der Waals surface area contributed by atoms with Crippen molar-refractivity contribution in [1.29, 1.82) is 0 Å². The van der Waals surface area contributed by atoms with E-state index in [0.29, 0.717) is 0 Å². The van der Waals surface area contributed by atoms with Crippen molar-refractivity contribution in [3.63, 3.8) is 0 Å². The maximum Gasteiger partial charge on any atom is -0.000178 e. The van der Waals surface area contributed by atoms with Gasteiger partial charge in [0, 0.05) is 0 Å². The molecule has 0 atom stereocenters. The normalized spacial score (nSPS) is 11.8. The van der Waals surface area contributed by atoms with Crippen LogP contribution in [0.5, 0.6) is 0 Å². The second kappa shape index (κ2) is 8.21. The van der Waals surface area contributed by atoms with Gasteiger partial charge in [0.15, 0.2) is 0 Å². The van der Waals surface area contributed by atoms with Crippen molar-refractivity contribution in [2.45, 2.75) is 19.8 Å². The maximum absolute atomic E-state index is 2.40. The van der Waals surface area contributed by atoms with Crippen molar-refractivity contribution in [1.82, 2.24) is 0 Å². The summed E-state index contributed by atoms with van der Waals surface area (Å²) < 4.78 is 1.26. The first-order chi connectivity index (χ1) is 4.41. The zero-order chi connectivity index (χ0) is 6.95. The van der Waals surface area contributed by atoms with E-state index in [0.717, 1.165) is 0 Å². The molecule has 0 unspecified atom stereocenters. The molecule has 0 saturated heterocycles. The first-order valence-electron chi connectivity index (χ1n) is 3.25. The van der Waals surface area contributed by atoms with Gasteiger partial charge in [0.1, 0.15) is 0 Å². The quantitative estimate of drug-likeness (QED) is 0.304. The Kier molecular flexibility index (Phi) is 8.40. The summed E-state index contributed by atoms with van der Waals surface area (Å²) in [7, 11) is 0. The van der Waals surface area contributed by atoms with Gasteiger partial charge in [0.2, 0.25) is 0 Å². The van der Waals surface area contributed by atoms with Crippen LogP contribution in [0.2, 0.25) is 0 Å². The first-order valence-corrected chi connectivity index (χ1v) is 4.78. The third-order valence-corrected chi connectivity index (χ3v) is 1.71. The summed E-state index contributed by atoms with van der Waals surface area (Å²) in [4.78, 5) is 0. The Labute approximate surface area is 71.2 Å². The lowest BCUT2D eigenvalue weighted by molar-refractivity contribution is 0.986. The molecule has 0 aliphatic rings. The van der Waals surface area contributed by atoms with Crippen molar-refractivity contribution in [3.05, 3.63) is 24.3 Å². The Balaban J connectivity index is 3.04. The highest BCUT2D eigenvalue weighted by Gasteiger charge is 1.75. The highest BCUT2D eigenvalue weighted by atomic mass is 127. The summed E-state index contributed by atoms with van der Waals surface area (Å²) in [5.74, 6) is 0. The van der Waals surface area contributed by atoms with Crippen molar-refractivity contribution in [3.8, 4) is 0 Å². The molecule has 0 amide bonds. The summed E-state index contributed by atoms with van der Waals surface area (Å²) in [6.45, 7) is 2.03. The van der Waals surface area contributed by atoms with E-state index in [1.165, 1.54) is 17.3 Å². The predicted molar refractivity (Wildman–Crippen MR) is 52.1 cm³/mol. The smallest absolute Gasteiger partial charge is 0.000178 e. The third kappa shape index (κ3) is 8.21. The van der Waals surface area contributed by atoms with Crippen molar-refractivity contribution in [2.75, 3.05) is 4.43 Å². The molecule has 0 N–H and O–H groups in total. The molecule has 0 bridgehead atoms. The second-order valence-corrected chi connectivity index (χ2v) is 2.86. The molecule has 0 aromatic rings. The minimum Gasteiger partial charge on any atom is -0.0877 e. The summed E-state index contributed by atoms with van der Waals surface area (Å²) >= 11 is 2.40. The molecule has 0 fully saturated rings. The molecule has 0 nitrogen and oxygen atoms in total. The van der Waals surface area contributed by atoms with Crippen molar-refractivity contribution < 1.29 is 0 Å². The number of halogens is 1. The van der Waals surface area contributed by atoms with Gasteiger partial charge in [0.25, 0.3) is 0 Å². The molecular formula is C8H13I. The van der Waals surface area contributed by atoms with Crippen LogP contribution in [0.25, 0.3) is 0 Å². The Morgan fingerprint density at radius 1 is 1.33 bits per heavy atom. The minimum absolute atomic E-state index is 1.22. The van der Waals surface area contributed by atoms with E-state index in [9.17, 15) is 0 Å². The summed E-state index contributed by atoms with van der Waals surface area (Å²) in [5.41, 5.74) is 0. The highest BCUT2D eigenvalue weighted by molar-refractivity contribution is 14.1. The van der Waals surface area contributed by atoms with Gasteiger partial charge < -0.3 is 0 Å². The van der Waals surface area contributed by atoms with Gasteiger partial charge in [-0.05, 0) is 24.2 Å². The third-order valence-electron chi connectivity index (χ3n) is 0.944. The van der Waals surface area contributed by atoms with Gasteiger partial charge in [-0.1, -0.05) is 46.9 Å². The van der Waals surface area contributed by atoms with Crippen molar-refractivity contribution in [2.24, 2.45) is 0 Å². The largest absolute Gasteiger partial charge is 0.0877 e. The van der Waals surface area contributed by atoms with Gasteiger partial charge in [0.05, 0.1) is 0 Å². The first kappa shape index (κ1) is 9.21. The molecule has 9 heavy (non-hydrogen) atoms. The van der Waals surface area contributed by atoms with E-state index in [4.69, 9.17) is 0 Å². The standard InChI is InChI=1S/C8H13I/c1-2-3-4-5-6-7-8-9/h2-5H,6-8H2,1H3/b3-2+,5-4+. The number of alkyl halides is 1. The van der Waals surface area contributed by atoms with Crippen LogP contribution in [-0.4, -0.2) is 4.43 Å². The van der Waals surface area contributed by atoms with E-state index >= 15 is 0 Å². The SMILES string of the molecule is C/C=C/C=C/CCCI. The van der Waals surface area contributed by atoms with E-state index in [-0.39, 0.29) is 0 Å². The molecule has 0 heterocycles. The van der Waals surface area contributed by atoms with Gasteiger partial charge in [-0.2, -0.15) is 0 Å². The van der Waals surface area contributed by atoms with Gasteiger partial charge in [-0.3, -0.25) is 0 Å². The van der Waals surface area contributed by atoms with Gasteiger partial charge in [-0.25, -0.2) is 0 Å². The van der Waals surface area contributed by atoms with Crippen LogP contribution in [0.1, 0.15) is 19.8 Å². The molecular weight excluding hydrogens is 223 g/mol. The number of hydrogen-bond donors (Lipinski definition) is 0. The highest BCUT2D eigenvalue weighted by Crippen LogP contribution is 1.95. The number of hydrogen-bond acceptors (Lipinski definition) is 0. The fourth-order valence-corrected chi connectivity index (χ4v) is 0.921. The number of rotatable bonds is 4. The zero-order valence-electron chi connectivity index (χ0n) is 5.81. The van der Waals surface area contributed by atoms with Crippen molar-refractivity contribution >= 4 is 22.6 Å². The Bertz CT molecular complexity index is 92.7. The molecule has 0 aromatic heterocycles. The molecule has 0 spiro atoms. The molecule has 0 aromatic carbocycles. The molecule has 0 saturated carbocycles. The monoisotopic (exact) mass is 236 g/mol. The number of allylic oxidation sites excluding steroid dienone is 4. The minimum atomic E-state index is 1.22. The van der Waals surface area contributed by atoms with Crippen LogP contribution < -0.4 is 0 Å². The van der Waals surface area contributed by atoms with Gasteiger partial charge in [-0.15, -0.1) is 0 Å². The van der Waals surface area contributed by atoms with Crippen LogP contribution in [-0.2, 0) is 0 Å². The van der Waals surface area contributed by atoms with Crippen LogP contribution >= 0.6 is 22.6 Å². The predicted octanol–water partition coefficient (Wildman–Crippen LogP) is 3.33. The van der Waals surface area contributed by atoms with E-state index < -0.39 is 0 Å². The van der Waals surface area contributed by atoms with E-state index in [1.54, 1.807) is 0 Å². The van der Waals surface area contributed by atoms with E-state index in [2.05, 4.69) is 40.8 Å². The lowest BCUT2D eigenvalue weighted by Gasteiger charge is -1.83. The van der Waals surface area contributed by atoms with Crippen LogP contribution in [0, 0.1) is 0 Å². The van der Waals surface area contributed by atoms with Crippen LogP contribution in [0.15, 0.2) is 24.3 Å². The average molecular weight is 236 g/mol. The average Bonchev–Trinajstić information content (AvgIpc) is 1.89. The molecule has 1 heteroatoms. The topological polar surface area (TPSA) is 0 Å². The lowest BCUT2D eigenvalue weighted by Crippen LogP contribution is -1.68. The maximum atomic E-state index is 2.40. The summed E-state index contributed by atoms with van der Waals surface area (Å²) in [5, 5.41) is 0. The second-order valence-electron chi connectivity index (χ2n) is 1.79. The van der Waals surface area contributed by atoms with Crippen LogP contribution in [0.4, 0.5) is 0 Å². The summed E-state index contributed by atoms with van der Waals surface area (Å²) in [6, 6.07) is 0. The molecule has 0 aliphatic heterocycles. The molecule has 0 rings (SSSR count). The van der Waals surface area contributed by atoms with Gasteiger partial charge >= 0.3 is 0 Å². The Hall–Kier alpha value is 0.210. The molecule has 0 radical (unpaired) electrons. The number of unbranched alkanes of at least 4 members (excludes halogenated alkanes) is 1. The summed E-state index contributed by atoms with van der Waals surface area (Å²) in [6.07, 6.45) is 10.9. The fraction of sp³-hybridized carbons (Fsp3) is 0.500.